The van der Waals surface area contributed by atoms with Crippen molar-refractivity contribution >= 4 is 69.0 Å². The maximum atomic E-state index is 4.56. The maximum absolute atomic E-state index is 4.56. The quantitative estimate of drug-likeness (QED) is 0.0300. The Morgan fingerprint density at radius 3 is 1.17 bits per heavy atom. The second-order valence-corrected chi connectivity index (χ2v) is 28.5. The first kappa shape index (κ1) is 72.7. The fraction of sp³-hybridized carbons (Fsp3) is 0.154. The molecule has 0 bridgehead atoms. The van der Waals surface area contributed by atoms with Crippen molar-refractivity contribution < 1.29 is 0 Å². The number of aryl methyl sites for hydroxylation is 2. The highest BCUT2D eigenvalue weighted by atomic mass is 15.2. The van der Waals surface area contributed by atoms with Gasteiger partial charge in [-0.1, -0.05) is 283 Å². The fourth-order valence-electron chi connectivity index (χ4n) is 15.9. The van der Waals surface area contributed by atoms with E-state index >= 15 is 0 Å². The van der Waals surface area contributed by atoms with Gasteiger partial charge in [0.1, 0.15) is 0 Å². The van der Waals surface area contributed by atoms with E-state index in [4.69, 9.17) is 0 Å². The minimum absolute atomic E-state index is 0.205. The van der Waals surface area contributed by atoms with Crippen molar-refractivity contribution in [2.75, 3.05) is 19.6 Å². The summed E-state index contributed by atoms with van der Waals surface area (Å²) in [5, 5.41) is 0. The smallest absolute Gasteiger partial charge is 0.0462 e. The number of unbranched alkanes of at least 4 members (excludes halogenated alkanes) is 7. The van der Waals surface area contributed by atoms with E-state index in [0.29, 0.717) is 0 Å². The molecule has 0 radical (unpaired) electrons. The zero-order chi connectivity index (χ0) is 73.7. The number of fused-ring (bicyclic) bond motifs is 3. The van der Waals surface area contributed by atoms with Crippen molar-refractivity contribution in [2.24, 2.45) is 0 Å². The Balaban J connectivity index is 0.753. The van der Waals surface area contributed by atoms with Crippen molar-refractivity contribution in [3.05, 3.63) is 423 Å². The predicted octanol–water partition coefficient (Wildman–Crippen LogP) is 29.6. The molecule has 0 N–H and O–H groups in total. The molecule has 1 atom stereocenters. The van der Waals surface area contributed by atoms with E-state index in [1.165, 1.54) is 81.3 Å². The molecule has 0 saturated heterocycles. The van der Waals surface area contributed by atoms with Crippen LogP contribution in [0.1, 0.15) is 117 Å². The van der Waals surface area contributed by atoms with Crippen LogP contribution in [0.2, 0.25) is 0 Å². The van der Waals surface area contributed by atoms with Crippen molar-refractivity contribution in [3.63, 3.8) is 0 Å². The van der Waals surface area contributed by atoms with Crippen LogP contribution in [-0.4, -0.2) is 0 Å². The highest BCUT2D eigenvalue weighted by molar-refractivity contribution is 5.88. The minimum atomic E-state index is -0.205. The summed E-state index contributed by atoms with van der Waals surface area (Å²) in [4.78, 5) is 9.29. The number of rotatable bonds is 33. The van der Waals surface area contributed by atoms with Crippen LogP contribution in [0.5, 0.6) is 0 Å². The topological polar surface area (TPSA) is 13.0 Å². The molecule has 4 heteroatoms. The molecule has 0 heterocycles. The normalized spacial score (nSPS) is 13.5. The molecule has 108 heavy (non-hydrogen) atoms. The zero-order valence-corrected chi connectivity index (χ0v) is 62.5. The highest BCUT2D eigenvalue weighted by Crippen LogP contribution is 2.56. The van der Waals surface area contributed by atoms with Gasteiger partial charge in [-0.3, -0.25) is 0 Å². The van der Waals surface area contributed by atoms with E-state index in [9.17, 15) is 0 Å². The fourth-order valence-corrected chi connectivity index (χ4v) is 15.9. The van der Waals surface area contributed by atoms with Crippen LogP contribution < -0.4 is 19.6 Å². The molecule has 0 aliphatic heterocycles. The SMILES string of the molecule is C=Cc1ccc(N(c2ccccc2)c2ccc(CCCCCCCC3(CCCCCCc4ccc(N(c5ccccc5)c5ccc(C=C)cc5)cc4)c4cc(-c5ccc(N(C(=C)C=CC=CC)c6ccccc6)cc5)ccc4-c4ccc(-c5ccc(N(C6=CC=CCC=C6)c6ccccc6)cc5)cc43)cc2)cc1. The number of hydrogen-bond donors (Lipinski definition) is 0. The zero-order valence-electron chi connectivity index (χ0n) is 62.5. The van der Waals surface area contributed by atoms with E-state index in [1.54, 1.807) is 0 Å². The molecule has 534 valence electrons. The summed E-state index contributed by atoms with van der Waals surface area (Å²) in [6.45, 7) is 14.6. The third-order valence-electron chi connectivity index (χ3n) is 21.5. The summed E-state index contributed by atoms with van der Waals surface area (Å²) in [5.74, 6) is 0. The lowest BCUT2D eigenvalue weighted by molar-refractivity contribution is 0.399. The van der Waals surface area contributed by atoms with Gasteiger partial charge in [0.05, 0.1) is 0 Å². The van der Waals surface area contributed by atoms with E-state index in [-0.39, 0.29) is 5.41 Å². The lowest BCUT2D eigenvalue weighted by atomic mass is 9.70. The van der Waals surface area contributed by atoms with Crippen molar-refractivity contribution in [1.29, 1.82) is 0 Å². The van der Waals surface area contributed by atoms with Gasteiger partial charge in [0, 0.05) is 73.7 Å². The Bertz CT molecular complexity index is 5110. The average molecular weight is 1400 g/mol. The number of allylic oxidation sites excluding steroid dienone is 9. The molecule has 2 aliphatic carbocycles. The molecule has 0 spiro atoms. The summed E-state index contributed by atoms with van der Waals surface area (Å²) in [6, 6.07) is 112. The lowest BCUT2D eigenvalue weighted by Gasteiger charge is -2.33. The Labute approximate surface area is 642 Å². The average Bonchev–Trinajstić information content (AvgIpc) is 1.56. The molecule has 0 amide bonds. The molecular weight excluding hydrogens is 1310 g/mol. The van der Waals surface area contributed by atoms with Crippen LogP contribution >= 0.6 is 0 Å². The van der Waals surface area contributed by atoms with Crippen LogP contribution in [0.25, 0.3) is 45.5 Å². The number of anilines is 10. The molecule has 2 aliphatic rings. The standard InChI is InChI=1S/C104H98N4/c1-5-8-20-35-80(4)105(89-38-25-16-26-39-89)94-70-56-85(57-71-94)87-60-74-100-101-75-61-88(86-58-72-99(73-59-86)106(91-42-27-17-28-43-91)90-40-23-11-12-24-41-90)79-103(101)104(102(100)78-87,77-34-15-13-22-37-84-54-68-98(69-55-84)108(93-46-31-19-32-47-93)96-64-50-82(7-3)51-65-96)76-33-14-9-10-21-36-83-52-66-97(67-53-83)107(92-44-29-18-30-45-92)95-62-48-81(6-2)49-63-95/h5-8,11,16-20,23-32,35,38-75,78-79H,2-4,9-10,12-15,21-22,33-34,36-37,76-77H2,1H3. The Hall–Kier alpha value is -12.2. The highest BCUT2D eigenvalue weighted by Gasteiger charge is 2.43. The van der Waals surface area contributed by atoms with Gasteiger partial charge in [0.25, 0.3) is 0 Å². The largest absolute Gasteiger partial charge is 0.311 e. The van der Waals surface area contributed by atoms with Crippen molar-refractivity contribution in [1.82, 2.24) is 0 Å². The molecule has 0 saturated carbocycles. The van der Waals surface area contributed by atoms with Gasteiger partial charge in [0.15, 0.2) is 0 Å². The van der Waals surface area contributed by atoms with Crippen LogP contribution in [0.15, 0.2) is 389 Å². The first-order valence-corrected chi connectivity index (χ1v) is 38.9. The second kappa shape index (κ2) is 35.7. The Kier molecular flexibility index (Phi) is 24.0. The third-order valence-corrected chi connectivity index (χ3v) is 21.5. The monoisotopic (exact) mass is 1400 g/mol. The lowest BCUT2D eigenvalue weighted by Crippen LogP contribution is -2.25. The van der Waals surface area contributed by atoms with Crippen LogP contribution in [0, 0.1) is 0 Å². The van der Waals surface area contributed by atoms with Crippen molar-refractivity contribution in [2.45, 2.75) is 102 Å². The molecule has 4 nitrogen and oxygen atoms in total. The van der Waals surface area contributed by atoms with E-state index in [1.807, 2.05) is 25.2 Å². The molecule has 14 rings (SSSR count). The summed E-state index contributed by atoms with van der Waals surface area (Å²) in [7, 11) is 0. The van der Waals surface area contributed by atoms with Crippen LogP contribution in [-0.2, 0) is 18.3 Å². The van der Waals surface area contributed by atoms with Gasteiger partial charge in [-0.15, -0.1) is 0 Å². The third kappa shape index (κ3) is 17.2. The number of benzene rings is 12. The number of hydrogen-bond acceptors (Lipinski definition) is 4. The minimum Gasteiger partial charge on any atom is -0.311 e. The Morgan fingerprint density at radius 2 is 0.722 bits per heavy atom. The summed E-state index contributed by atoms with van der Waals surface area (Å²) in [5.41, 5.74) is 28.7. The van der Waals surface area contributed by atoms with Crippen LogP contribution in [0.3, 0.4) is 0 Å². The van der Waals surface area contributed by atoms with Gasteiger partial charge < -0.3 is 19.6 Å². The number of nitrogens with zero attached hydrogens (tertiary/aromatic N) is 4. The number of para-hydroxylation sites is 4. The van der Waals surface area contributed by atoms with E-state index in [2.05, 4.69) is 391 Å². The molecular formula is C104H98N4. The summed E-state index contributed by atoms with van der Waals surface area (Å²) in [6.07, 6.45) is 38.8. The molecule has 12 aromatic rings. The summed E-state index contributed by atoms with van der Waals surface area (Å²) < 4.78 is 0. The molecule has 0 fully saturated rings. The van der Waals surface area contributed by atoms with Gasteiger partial charge in [0.2, 0.25) is 0 Å². The first-order chi connectivity index (χ1) is 53.3. The van der Waals surface area contributed by atoms with Gasteiger partial charge in [-0.05, 0) is 270 Å². The Morgan fingerprint density at radius 1 is 0.361 bits per heavy atom. The van der Waals surface area contributed by atoms with Crippen LogP contribution in [0.4, 0.5) is 56.9 Å². The predicted molar refractivity (Wildman–Crippen MR) is 465 cm³/mol. The first-order valence-electron chi connectivity index (χ1n) is 38.9. The van der Waals surface area contributed by atoms with E-state index in [0.717, 1.165) is 144 Å². The van der Waals surface area contributed by atoms with Gasteiger partial charge in [-0.2, -0.15) is 0 Å². The van der Waals surface area contributed by atoms with Gasteiger partial charge in [-0.25, -0.2) is 0 Å². The van der Waals surface area contributed by atoms with Crippen molar-refractivity contribution in [3.8, 4) is 33.4 Å². The molecule has 12 aromatic carbocycles. The molecule has 1 unspecified atom stereocenters. The maximum Gasteiger partial charge on any atom is 0.0462 e. The molecule has 0 aromatic heterocycles. The second-order valence-electron chi connectivity index (χ2n) is 28.5. The van der Waals surface area contributed by atoms with E-state index < -0.39 is 0 Å². The van der Waals surface area contributed by atoms with Gasteiger partial charge >= 0.3 is 0 Å². The summed E-state index contributed by atoms with van der Waals surface area (Å²) >= 11 is 0.